The fourth-order valence-corrected chi connectivity index (χ4v) is 2.58. The molecule has 0 aliphatic rings. The van der Waals surface area contributed by atoms with Gasteiger partial charge in [0.05, 0.1) is 10.2 Å². The first-order chi connectivity index (χ1) is 7.69. The maximum atomic E-state index is 4.56. The van der Waals surface area contributed by atoms with Crippen molar-refractivity contribution in [1.29, 1.82) is 0 Å². The molecule has 2 rings (SSSR count). The molecular formula is C12H15BrN2S. The van der Waals surface area contributed by atoms with Gasteiger partial charge in [-0.05, 0) is 24.1 Å². The van der Waals surface area contributed by atoms with Crippen molar-refractivity contribution in [3.63, 3.8) is 0 Å². The number of fused-ring (bicyclic) bond motifs is 1. The summed E-state index contributed by atoms with van der Waals surface area (Å²) in [4.78, 5) is 4.56. The molecule has 0 aliphatic heterocycles. The number of hydrogen-bond donors (Lipinski definition) is 1. The molecule has 0 saturated heterocycles. The highest BCUT2D eigenvalue weighted by atomic mass is 79.9. The van der Waals surface area contributed by atoms with E-state index in [1.54, 1.807) is 11.3 Å². The number of hydrogen-bond acceptors (Lipinski definition) is 3. The average Bonchev–Trinajstić information content (AvgIpc) is 2.67. The summed E-state index contributed by atoms with van der Waals surface area (Å²) in [5.41, 5.74) is 1.06. The lowest BCUT2D eigenvalue weighted by molar-refractivity contribution is 0.593. The van der Waals surface area contributed by atoms with Gasteiger partial charge in [-0.2, -0.15) is 0 Å². The lowest BCUT2D eigenvalue weighted by atomic mass is 10.1. The lowest BCUT2D eigenvalue weighted by Gasteiger charge is -2.07. The Hall–Kier alpha value is -0.610. The van der Waals surface area contributed by atoms with Crippen LogP contribution in [0.2, 0.25) is 0 Å². The first kappa shape index (κ1) is 11.9. The Bertz CT molecular complexity index is 481. The van der Waals surface area contributed by atoms with Gasteiger partial charge in [0, 0.05) is 11.0 Å². The summed E-state index contributed by atoms with van der Waals surface area (Å²) < 4.78 is 2.31. The first-order valence-electron chi connectivity index (χ1n) is 5.49. The number of benzene rings is 1. The second kappa shape index (κ2) is 5.15. The molecule has 1 aromatic carbocycles. The maximum absolute atomic E-state index is 4.56. The van der Waals surface area contributed by atoms with Crippen LogP contribution in [-0.4, -0.2) is 11.5 Å². The molecule has 0 fully saturated rings. The van der Waals surface area contributed by atoms with Crippen LogP contribution in [-0.2, 0) is 0 Å². The molecule has 1 aromatic heterocycles. The van der Waals surface area contributed by atoms with Crippen molar-refractivity contribution in [3.05, 3.63) is 22.7 Å². The fourth-order valence-electron chi connectivity index (χ4n) is 1.38. The molecule has 86 valence electrons. The van der Waals surface area contributed by atoms with Crippen LogP contribution in [0.3, 0.4) is 0 Å². The number of halogens is 1. The number of nitrogens with one attached hydrogen (secondary N) is 1. The highest BCUT2D eigenvalue weighted by molar-refractivity contribution is 9.10. The van der Waals surface area contributed by atoms with Gasteiger partial charge in [-0.1, -0.05) is 47.5 Å². The van der Waals surface area contributed by atoms with Gasteiger partial charge in [-0.25, -0.2) is 4.98 Å². The highest BCUT2D eigenvalue weighted by Gasteiger charge is 2.05. The smallest absolute Gasteiger partial charge is 0.183 e. The van der Waals surface area contributed by atoms with Gasteiger partial charge in [0.1, 0.15) is 0 Å². The fraction of sp³-hybridized carbons (Fsp3) is 0.417. The molecule has 1 heterocycles. The van der Waals surface area contributed by atoms with Gasteiger partial charge < -0.3 is 5.32 Å². The van der Waals surface area contributed by atoms with E-state index in [4.69, 9.17) is 0 Å². The quantitative estimate of drug-likeness (QED) is 0.898. The van der Waals surface area contributed by atoms with E-state index in [2.05, 4.69) is 58.3 Å². The molecule has 1 atom stereocenters. The Balaban J connectivity index is 2.13. The topological polar surface area (TPSA) is 24.9 Å². The summed E-state index contributed by atoms with van der Waals surface area (Å²) in [5.74, 6) is 0.693. The monoisotopic (exact) mass is 298 g/mol. The lowest BCUT2D eigenvalue weighted by Crippen LogP contribution is -2.09. The third kappa shape index (κ3) is 2.74. The van der Waals surface area contributed by atoms with E-state index in [1.807, 2.05) is 0 Å². The molecule has 2 aromatic rings. The van der Waals surface area contributed by atoms with Crippen LogP contribution in [0.4, 0.5) is 5.13 Å². The van der Waals surface area contributed by atoms with Gasteiger partial charge in [-0.15, -0.1) is 0 Å². The zero-order chi connectivity index (χ0) is 11.5. The highest BCUT2D eigenvalue weighted by Crippen LogP contribution is 2.28. The largest absolute Gasteiger partial charge is 0.361 e. The Morgan fingerprint density at radius 3 is 3.06 bits per heavy atom. The van der Waals surface area contributed by atoms with Crippen LogP contribution >= 0.6 is 27.3 Å². The molecule has 0 bridgehead atoms. The van der Waals surface area contributed by atoms with E-state index in [9.17, 15) is 0 Å². The SMILES string of the molecule is CCC(C)CNc1nc2cc(Br)ccc2s1. The van der Waals surface area contributed by atoms with Crippen molar-refractivity contribution >= 4 is 42.6 Å². The normalized spacial score (nSPS) is 12.9. The van der Waals surface area contributed by atoms with Crippen molar-refractivity contribution in [1.82, 2.24) is 4.98 Å². The number of aromatic nitrogens is 1. The Morgan fingerprint density at radius 1 is 1.50 bits per heavy atom. The van der Waals surface area contributed by atoms with E-state index in [-0.39, 0.29) is 0 Å². The van der Waals surface area contributed by atoms with Gasteiger partial charge in [0.2, 0.25) is 0 Å². The molecule has 0 aliphatic carbocycles. The Kier molecular flexibility index (Phi) is 3.82. The standard InChI is InChI=1S/C12H15BrN2S/c1-3-8(2)7-14-12-15-10-6-9(13)4-5-11(10)16-12/h4-6,8H,3,7H2,1-2H3,(H,14,15). The number of anilines is 1. The molecular weight excluding hydrogens is 284 g/mol. The number of thiazole rings is 1. The summed E-state index contributed by atoms with van der Waals surface area (Å²) >= 11 is 5.17. The molecule has 4 heteroatoms. The van der Waals surface area contributed by atoms with Gasteiger partial charge in [-0.3, -0.25) is 0 Å². The van der Waals surface area contributed by atoms with E-state index in [0.29, 0.717) is 5.92 Å². The molecule has 0 amide bonds. The van der Waals surface area contributed by atoms with Crippen LogP contribution in [0.15, 0.2) is 22.7 Å². The minimum absolute atomic E-state index is 0.693. The zero-order valence-corrected chi connectivity index (χ0v) is 11.9. The molecule has 0 spiro atoms. The summed E-state index contributed by atoms with van der Waals surface area (Å²) in [6.07, 6.45) is 1.20. The molecule has 16 heavy (non-hydrogen) atoms. The predicted molar refractivity (Wildman–Crippen MR) is 75.3 cm³/mol. The summed E-state index contributed by atoms with van der Waals surface area (Å²) in [5, 5.41) is 4.42. The average molecular weight is 299 g/mol. The van der Waals surface area contributed by atoms with E-state index in [0.717, 1.165) is 21.7 Å². The van der Waals surface area contributed by atoms with Crippen LogP contribution < -0.4 is 5.32 Å². The van der Waals surface area contributed by atoms with Crippen molar-refractivity contribution < 1.29 is 0 Å². The zero-order valence-electron chi connectivity index (χ0n) is 9.46. The molecule has 0 radical (unpaired) electrons. The number of nitrogens with zero attached hydrogens (tertiary/aromatic N) is 1. The van der Waals surface area contributed by atoms with E-state index >= 15 is 0 Å². The predicted octanol–water partition coefficient (Wildman–Crippen LogP) is 4.52. The Labute approximate surface area is 108 Å². The van der Waals surface area contributed by atoms with Crippen LogP contribution in [0.5, 0.6) is 0 Å². The van der Waals surface area contributed by atoms with Crippen molar-refractivity contribution in [2.24, 2.45) is 5.92 Å². The van der Waals surface area contributed by atoms with Crippen LogP contribution in [0, 0.1) is 5.92 Å². The molecule has 2 nitrogen and oxygen atoms in total. The molecule has 1 N–H and O–H groups in total. The number of rotatable bonds is 4. The summed E-state index contributed by atoms with van der Waals surface area (Å²) in [6.45, 7) is 5.45. The second-order valence-corrected chi connectivity index (χ2v) is 5.97. The maximum Gasteiger partial charge on any atom is 0.183 e. The minimum Gasteiger partial charge on any atom is -0.361 e. The minimum atomic E-state index is 0.693. The van der Waals surface area contributed by atoms with Gasteiger partial charge in [0.25, 0.3) is 0 Å². The van der Waals surface area contributed by atoms with Crippen molar-refractivity contribution in [2.45, 2.75) is 20.3 Å². The first-order valence-corrected chi connectivity index (χ1v) is 7.10. The summed E-state index contributed by atoms with van der Waals surface area (Å²) in [6, 6.07) is 6.21. The van der Waals surface area contributed by atoms with E-state index in [1.165, 1.54) is 11.1 Å². The second-order valence-electron chi connectivity index (χ2n) is 4.03. The van der Waals surface area contributed by atoms with Crippen molar-refractivity contribution in [3.8, 4) is 0 Å². The van der Waals surface area contributed by atoms with Crippen molar-refractivity contribution in [2.75, 3.05) is 11.9 Å². The van der Waals surface area contributed by atoms with Crippen LogP contribution in [0.25, 0.3) is 10.2 Å². The van der Waals surface area contributed by atoms with Gasteiger partial charge in [0.15, 0.2) is 5.13 Å². The third-order valence-corrected chi connectivity index (χ3v) is 4.14. The Morgan fingerprint density at radius 2 is 2.31 bits per heavy atom. The van der Waals surface area contributed by atoms with Crippen LogP contribution in [0.1, 0.15) is 20.3 Å². The third-order valence-electron chi connectivity index (χ3n) is 2.65. The van der Waals surface area contributed by atoms with E-state index < -0.39 is 0 Å². The molecule has 1 unspecified atom stereocenters. The molecule has 0 saturated carbocycles. The summed E-state index contributed by atoms with van der Waals surface area (Å²) in [7, 11) is 0. The van der Waals surface area contributed by atoms with Gasteiger partial charge >= 0.3 is 0 Å².